The maximum Gasteiger partial charge on any atom is 0.507 e. The fraction of sp³-hybridized carbons (Fsp3) is 0.828. The van der Waals surface area contributed by atoms with Crippen LogP contribution in [0.15, 0.2) is 24.6 Å². The van der Waals surface area contributed by atoms with Gasteiger partial charge in [0.2, 0.25) is 0 Å². The van der Waals surface area contributed by atoms with Crippen LogP contribution in [-0.4, -0.2) is 67.1 Å². The summed E-state index contributed by atoms with van der Waals surface area (Å²) < 4.78 is 11.5. The smallest absolute Gasteiger partial charge is 0.438 e. The van der Waals surface area contributed by atoms with Gasteiger partial charge in [0.05, 0.1) is 44.8 Å². The number of carbonyl (C=O) groups is 1. The van der Waals surface area contributed by atoms with Crippen LogP contribution in [0.1, 0.15) is 13.8 Å². The molecule has 0 radical (unpaired) electrons. The molecule has 0 aliphatic carbocycles. The minimum absolute atomic E-state index is 0.448. The molecular formula is C29H66O3Si6. The van der Waals surface area contributed by atoms with Gasteiger partial charge >= 0.3 is 6.16 Å². The van der Waals surface area contributed by atoms with Crippen LogP contribution in [0.25, 0.3) is 0 Å². The van der Waals surface area contributed by atoms with E-state index in [0.29, 0.717) is 23.5 Å². The maximum absolute atomic E-state index is 12.7. The third-order valence-corrected chi connectivity index (χ3v) is 30.8. The molecule has 0 aromatic rings. The lowest BCUT2D eigenvalue weighted by atomic mass is 10.5. The van der Waals surface area contributed by atoms with Crippen molar-refractivity contribution in [2.24, 2.45) is 0 Å². The molecule has 0 rings (SSSR count). The van der Waals surface area contributed by atoms with Crippen molar-refractivity contribution in [2.75, 3.05) is 12.5 Å². The lowest BCUT2D eigenvalue weighted by Crippen LogP contribution is -2.44. The van der Waals surface area contributed by atoms with E-state index in [1.807, 2.05) is 0 Å². The molecule has 0 fully saturated rings. The second-order valence-corrected chi connectivity index (χ2v) is 47.5. The predicted octanol–water partition coefficient (Wildman–Crippen LogP) is 10.7. The highest BCUT2D eigenvalue weighted by atomic mass is 28.3. The second kappa shape index (κ2) is 14.8. The zero-order valence-corrected chi connectivity index (χ0v) is 34.1. The van der Waals surface area contributed by atoms with Crippen LogP contribution < -0.4 is 0 Å². The highest BCUT2D eigenvalue weighted by Gasteiger charge is 2.38. The molecule has 3 nitrogen and oxygen atoms in total. The van der Waals surface area contributed by atoms with Crippen LogP contribution in [0.4, 0.5) is 4.79 Å². The van der Waals surface area contributed by atoms with Crippen molar-refractivity contribution in [1.82, 2.24) is 0 Å². The summed E-state index contributed by atoms with van der Waals surface area (Å²) in [5.41, 5.74) is 5.74. The molecule has 2 atom stereocenters. The Morgan fingerprint density at radius 3 is 1.16 bits per heavy atom. The lowest BCUT2D eigenvalue weighted by molar-refractivity contribution is 0.0773. The van der Waals surface area contributed by atoms with Gasteiger partial charge in [-0.3, -0.25) is 0 Å². The van der Waals surface area contributed by atoms with Gasteiger partial charge in [-0.1, -0.05) is 129 Å². The normalized spacial score (nSPS) is 15.5. The van der Waals surface area contributed by atoms with Crippen LogP contribution in [0, 0.1) is 0 Å². The van der Waals surface area contributed by atoms with Crippen LogP contribution in [-0.2, 0) is 9.47 Å². The minimum Gasteiger partial charge on any atom is -0.438 e. The molecule has 0 heterocycles. The molecule has 0 saturated heterocycles. The van der Waals surface area contributed by atoms with Crippen molar-refractivity contribution in [3.8, 4) is 0 Å². The number of ether oxygens (including phenoxy) is 2. The summed E-state index contributed by atoms with van der Waals surface area (Å²) in [6.07, 6.45) is 0.673. The molecule has 0 saturated carbocycles. The van der Waals surface area contributed by atoms with Crippen molar-refractivity contribution >= 4 is 54.6 Å². The zero-order valence-electron chi connectivity index (χ0n) is 28.1. The van der Waals surface area contributed by atoms with E-state index in [0.717, 1.165) is 0 Å². The van der Waals surface area contributed by atoms with Gasteiger partial charge in [-0.25, -0.2) is 4.79 Å². The summed E-state index contributed by atoms with van der Waals surface area (Å²) in [5.74, 6) is 0. The number of carbonyl (C=O) groups excluding carboxylic acids is 1. The zero-order chi connectivity index (χ0) is 30.2. The van der Waals surface area contributed by atoms with Gasteiger partial charge in [-0.15, -0.1) is 24.6 Å². The van der Waals surface area contributed by atoms with E-state index in [4.69, 9.17) is 9.47 Å². The molecule has 9 heteroatoms. The molecule has 2 unspecified atom stereocenters. The molecular weight excluding hydrogens is 565 g/mol. The van der Waals surface area contributed by atoms with E-state index in [-0.39, 0.29) is 0 Å². The van der Waals surface area contributed by atoms with Crippen molar-refractivity contribution in [3.05, 3.63) is 24.6 Å². The molecule has 0 amide bonds. The van der Waals surface area contributed by atoms with Crippen molar-refractivity contribution in [3.63, 3.8) is 0 Å². The second-order valence-electron chi connectivity index (χ2n) is 16.7. The van der Waals surface area contributed by atoms with E-state index in [2.05, 4.69) is 117 Å². The SMILES string of the molecule is C=C[Si](C)(C)CC[Si](C)(C)CC(C)[Si](C)(C)COC(=O)OC[Si](C)(C)C(C)C[Si](C)(C)CC[Si](C)(C)C=C. The predicted molar refractivity (Wildman–Crippen MR) is 190 cm³/mol. The summed E-state index contributed by atoms with van der Waals surface area (Å²) >= 11 is 0. The van der Waals surface area contributed by atoms with E-state index >= 15 is 0 Å². The maximum atomic E-state index is 12.7. The fourth-order valence-electron chi connectivity index (χ4n) is 4.76. The third-order valence-electron chi connectivity index (χ3n) is 9.51. The van der Waals surface area contributed by atoms with Gasteiger partial charge < -0.3 is 9.47 Å². The van der Waals surface area contributed by atoms with Crippen LogP contribution in [0.5, 0.6) is 0 Å². The third kappa shape index (κ3) is 15.2. The molecule has 0 aliphatic rings. The summed E-state index contributed by atoms with van der Waals surface area (Å²) in [6.45, 7) is 42.3. The standard InChI is InChI=1S/C29H66O3Si6/c1-17-33(5,6)19-21-35(9,10)23-27(3)37(13,14)25-31-29(30)32-26-38(15,16)28(4)24-36(11,12)22-20-34(7,8)18-2/h17-18,27-28H,1-2,19-26H2,3-16H3. The highest BCUT2D eigenvalue weighted by Crippen LogP contribution is 2.36. The van der Waals surface area contributed by atoms with Crippen molar-refractivity contribution < 1.29 is 14.3 Å². The van der Waals surface area contributed by atoms with Gasteiger partial charge in [0.25, 0.3) is 0 Å². The van der Waals surface area contributed by atoms with Gasteiger partial charge in [0.15, 0.2) is 0 Å². The molecule has 0 aliphatic heterocycles. The average Bonchev–Trinajstić information content (AvgIpc) is 2.78. The van der Waals surface area contributed by atoms with E-state index in [1.165, 1.54) is 36.3 Å². The van der Waals surface area contributed by atoms with Crippen LogP contribution in [0.2, 0.25) is 126 Å². The highest BCUT2D eigenvalue weighted by molar-refractivity contribution is 6.88. The summed E-state index contributed by atoms with van der Waals surface area (Å²) in [5, 5.41) is 0. The molecule has 0 bridgehead atoms. The Morgan fingerprint density at radius 2 is 0.895 bits per heavy atom. The topological polar surface area (TPSA) is 35.5 Å². The number of hydrogen-bond acceptors (Lipinski definition) is 3. The van der Waals surface area contributed by atoms with Gasteiger partial charge in [-0.05, 0) is 11.1 Å². The molecule has 0 aromatic carbocycles. The quantitative estimate of drug-likeness (QED) is 0.112. The first-order valence-electron chi connectivity index (χ1n) is 15.0. The largest absolute Gasteiger partial charge is 0.507 e. The monoisotopic (exact) mass is 630 g/mol. The average molecular weight is 631 g/mol. The first-order chi connectivity index (χ1) is 16.9. The van der Waals surface area contributed by atoms with Gasteiger partial charge in [-0.2, -0.15) is 0 Å². The Bertz CT molecular complexity index is 712. The number of hydrogen-bond donors (Lipinski definition) is 0. The van der Waals surface area contributed by atoms with E-state index in [1.54, 1.807) is 0 Å². The first kappa shape index (κ1) is 38.1. The van der Waals surface area contributed by atoms with Gasteiger partial charge in [0.1, 0.15) is 0 Å². The Balaban J connectivity index is 4.80. The molecule has 224 valence electrons. The lowest BCUT2D eigenvalue weighted by Gasteiger charge is -2.36. The molecule has 38 heavy (non-hydrogen) atoms. The molecule has 0 spiro atoms. The van der Waals surface area contributed by atoms with Crippen molar-refractivity contribution in [2.45, 2.75) is 140 Å². The first-order valence-corrected chi connectivity index (χ1v) is 34.9. The summed E-state index contributed by atoms with van der Waals surface area (Å²) in [7, 11) is -8.49. The Labute approximate surface area is 244 Å². The molecule has 0 N–H and O–H groups in total. The van der Waals surface area contributed by atoms with E-state index < -0.39 is 54.6 Å². The minimum atomic E-state index is -1.70. The Morgan fingerprint density at radius 1 is 0.605 bits per heavy atom. The van der Waals surface area contributed by atoms with Crippen molar-refractivity contribution in [1.29, 1.82) is 0 Å². The summed E-state index contributed by atoms with van der Waals surface area (Å²) in [4.78, 5) is 12.7. The fourth-order valence-corrected chi connectivity index (χ4v) is 28.7. The van der Waals surface area contributed by atoms with Gasteiger partial charge in [0, 0.05) is 16.1 Å². The Kier molecular flexibility index (Phi) is 14.8. The van der Waals surface area contributed by atoms with Crippen LogP contribution in [0.3, 0.4) is 0 Å². The summed E-state index contributed by atoms with van der Waals surface area (Å²) in [6, 6.07) is 8.08. The number of rotatable bonds is 18. The molecule has 0 aromatic heterocycles. The van der Waals surface area contributed by atoms with Crippen LogP contribution >= 0.6 is 0 Å². The van der Waals surface area contributed by atoms with E-state index in [9.17, 15) is 4.79 Å². The Hall–Kier alpha value is 0.0513.